The topological polar surface area (TPSA) is 80.9 Å². The SMILES string of the molecule is COc1ccc(OCC(=O)Nc2cccc(-c3ccc(CO)o3)c2)cc1. The first-order chi connectivity index (χ1) is 12.7. The molecule has 0 saturated carbocycles. The van der Waals surface area contributed by atoms with Crippen molar-refractivity contribution in [3.8, 4) is 22.8 Å². The molecule has 3 rings (SSSR count). The third-order valence-corrected chi connectivity index (χ3v) is 3.68. The number of anilines is 1. The molecule has 0 aliphatic carbocycles. The quantitative estimate of drug-likeness (QED) is 0.680. The van der Waals surface area contributed by atoms with E-state index in [1.54, 1.807) is 55.6 Å². The summed E-state index contributed by atoms with van der Waals surface area (Å²) in [4.78, 5) is 12.1. The minimum atomic E-state index is -0.270. The number of hydrogen-bond acceptors (Lipinski definition) is 5. The van der Waals surface area contributed by atoms with Gasteiger partial charge in [-0.3, -0.25) is 4.79 Å². The Labute approximate surface area is 151 Å². The number of benzene rings is 2. The lowest BCUT2D eigenvalue weighted by Crippen LogP contribution is -2.20. The molecule has 0 saturated heterocycles. The van der Waals surface area contributed by atoms with Crippen molar-refractivity contribution >= 4 is 11.6 Å². The van der Waals surface area contributed by atoms with Gasteiger partial charge >= 0.3 is 0 Å². The van der Waals surface area contributed by atoms with Gasteiger partial charge in [0.15, 0.2) is 6.61 Å². The molecule has 0 unspecified atom stereocenters. The Morgan fingerprint density at radius 2 is 1.85 bits per heavy atom. The Balaban J connectivity index is 1.59. The first-order valence-corrected chi connectivity index (χ1v) is 8.04. The second-order valence-electron chi connectivity index (χ2n) is 5.52. The predicted molar refractivity (Wildman–Crippen MR) is 97.2 cm³/mol. The van der Waals surface area contributed by atoms with Crippen LogP contribution in [0, 0.1) is 0 Å². The van der Waals surface area contributed by atoms with Gasteiger partial charge < -0.3 is 24.3 Å². The molecule has 6 nitrogen and oxygen atoms in total. The van der Waals surface area contributed by atoms with Gasteiger partial charge in [0.2, 0.25) is 0 Å². The van der Waals surface area contributed by atoms with Gasteiger partial charge in [-0.05, 0) is 48.5 Å². The molecule has 2 aromatic carbocycles. The number of carbonyl (C=O) groups excluding carboxylic acids is 1. The molecule has 0 atom stereocenters. The van der Waals surface area contributed by atoms with Gasteiger partial charge in [-0.1, -0.05) is 12.1 Å². The molecule has 0 radical (unpaired) electrons. The van der Waals surface area contributed by atoms with E-state index in [9.17, 15) is 4.79 Å². The number of aliphatic hydroxyl groups excluding tert-OH is 1. The fraction of sp³-hybridized carbons (Fsp3) is 0.150. The van der Waals surface area contributed by atoms with Crippen molar-refractivity contribution in [2.45, 2.75) is 6.61 Å². The number of methoxy groups -OCH3 is 1. The van der Waals surface area contributed by atoms with Gasteiger partial charge in [-0.25, -0.2) is 0 Å². The van der Waals surface area contributed by atoms with Crippen LogP contribution < -0.4 is 14.8 Å². The smallest absolute Gasteiger partial charge is 0.262 e. The summed E-state index contributed by atoms with van der Waals surface area (Å²) in [5.74, 6) is 2.15. The van der Waals surface area contributed by atoms with Crippen molar-refractivity contribution in [1.29, 1.82) is 0 Å². The zero-order valence-electron chi connectivity index (χ0n) is 14.3. The highest BCUT2D eigenvalue weighted by molar-refractivity contribution is 5.92. The summed E-state index contributed by atoms with van der Waals surface area (Å²) in [6, 6.07) is 17.8. The maximum atomic E-state index is 12.1. The van der Waals surface area contributed by atoms with Crippen molar-refractivity contribution < 1.29 is 23.8 Å². The van der Waals surface area contributed by atoms with Crippen LogP contribution in [0.5, 0.6) is 11.5 Å². The Kier molecular flexibility index (Phi) is 5.56. The van der Waals surface area contributed by atoms with Crippen molar-refractivity contribution in [3.05, 3.63) is 66.4 Å². The number of hydrogen-bond donors (Lipinski definition) is 2. The summed E-state index contributed by atoms with van der Waals surface area (Å²) in [5.41, 5.74) is 1.44. The first-order valence-electron chi connectivity index (χ1n) is 8.04. The lowest BCUT2D eigenvalue weighted by molar-refractivity contribution is -0.118. The van der Waals surface area contributed by atoms with Gasteiger partial charge in [0, 0.05) is 11.3 Å². The summed E-state index contributed by atoms with van der Waals surface area (Å²) in [5, 5.41) is 11.9. The standard InChI is InChI=1S/C20H19NO5/c1-24-16-5-7-17(8-6-16)25-13-20(23)21-15-4-2-3-14(11-15)19-10-9-18(12-22)26-19/h2-11,22H,12-13H2,1H3,(H,21,23). The van der Waals surface area contributed by atoms with E-state index in [-0.39, 0.29) is 19.1 Å². The zero-order chi connectivity index (χ0) is 18.4. The molecule has 1 heterocycles. The Hall–Kier alpha value is -3.25. The van der Waals surface area contributed by atoms with Crippen LogP contribution in [0.3, 0.4) is 0 Å². The van der Waals surface area contributed by atoms with E-state index < -0.39 is 0 Å². The second-order valence-corrected chi connectivity index (χ2v) is 5.52. The van der Waals surface area contributed by atoms with E-state index in [0.717, 1.165) is 11.3 Å². The van der Waals surface area contributed by atoms with Crippen molar-refractivity contribution in [3.63, 3.8) is 0 Å². The lowest BCUT2D eigenvalue weighted by Gasteiger charge is -2.09. The molecule has 3 aromatic rings. The number of carbonyl (C=O) groups is 1. The summed E-state index contributed by atoms with van der Waals surface area (Å²) in [6.07, 6.45) is 0. The summed E-state index contributed by atoms with van der Waals surface area (Å²) < 4.78 is 16.0. The minimum absolute atomic E-state index is 0.105. The number of aliphatic hydroxyl groups is 1. The molecule has 134 valence electrons. The maximum absolute atomic E-state index is 12.1. The summed E-state index contributed by atoms with van der Waals surface area (Å²) >= 11 is 0. The predicted octanol–water partition coefficient (Wildman–Crippen LogP) is 3.47. The van der Waals surface area contributed by atoms with E-state index >= 15 is 0 Å². The van der Waals surface area contributed by atoms with E-state index in [4.69, 9.17) is 19.0 Å². The second kappa shape index (κ2) is 8.22. The van der Waals surface area contributed by atoms with Crippen LogP contribution in [0.1, 0.15) is 5.76 Å². The molecule has 6 heteroatoms. The Bertz CT molecular complexity index is 870. The average Bonchev–Trinajstić information content (AvgIpc) is 3.16. The van der Waals surface area contributed by atoms with Crippen LogP contribution in [0.15, 0.2) is 65.1 Å². The van der Waals surface area contributed by atoms with Gasteiger partial charge in [-0.2, -0.15) is 0 Å². The minimum Gasteiger partial charge on any atom is -0.497 e. The molecule has 1 aromatic heterocycles. The zero-order valence-corrected chi connectivity index (χ0v) is 14.3. The number of furan rings is 1. The molecule has 0 spiro atoms. The molecule has 0 bridgehead atoms. The number of nitrogens with one attached hydrogen (secondary N) is 1. The van der Waals surface area contributed by atoms with Crippen LogP contribution in [0.25, 0.3) is 11.3 Å². The highest BCUT2D eigenvalue weighted by Crippen LogP contribution is 2.25. The third kappa shape index (κ3) is 4.43. The molecule has 0 aliphatic rings. The first kappa shape index (κ1) is 17.6. The number of amides is 1. The average molecular weight is 353 g/mol. The fourth-order valence-electron chi connectivity index (χ4n) is 2.39. The molecule has 1 amide bonds. The van der Waals surface area contributed by atoms with E-state index in [2.05, 4.69) is 5.32 Å². The van der Waals surface area contributed by atoms with Gasteiger partial charge in [0.1, 0.15) is 29.6 Å². The van der Waals surface area contributed by atoms with Gasteiger partial charge in [0.05, 0.1) is 7.11 Å². The Morgan fingerprint density at radius 3 is 2.54 bits per heavy atom. The number of ether oxygens (including phenoxy) is 2. The Morgan fingerprint density at radius 1 is 1.08 bits per heavy atom. The largest absolute Gasteiger partial charge is 0.497 e. The molecular weight excluding hydrogens is 334 g/mol. The van der Waals surface area contributed by atoms with E-state index in [1.807, 2.05) is 12.1 Å². The fourth-order valence-corrected chi connectivity index (χ4v) is 2.39. The van der Waals surface area contributed by atoms with Crippen LogP contribution in [0.2, 0.25) is 0 Å². The van der Waals surface area contributed by atoms with Crippen molar-refractivity contribution in [1.82, 2.24) is 0 Å². The van der Waals surface area contributed by atoms with Crippen LogP contribution >= 0.6 is 0 Å². The highest BCUT2D eigenvalue weighted by atomic mass is 16.5. The molecule has 0 aliphatic heterocycles. The highest BCUT2D eigenvalue weighted by Gasteiger charge is 2.08. The summed E-state index contributed by atoms with van der Waals surface area (Å²) in [7, 11) is 1.59. The van der Waals surface area contributed by atoms with Crippen molar-refractivity contribution in [2.75, 3.05) is 19.0 Å². The van der Waals surface area contributed by atoms with Crippen LogP contribution in [0.4, 0.5) is 5.69 Å². The molecule has 2 N–H and O–H groups in total. The lowest BCUT2D eigenvalue weighted by atomic mass is 10.1. The van der Waals surface area contributed by atoms with Crippen molar-refractivity contribution in [2.24, 2.45) is 0 Å². The van der Waals surface area contributed by atoms with Gasteiger partial charge in [-0.15, -0.1) is 0 Å². The van der Waals surface area contributed by atoms with Gasteiger partial charge in [0.25, 0.3) is 5.91 Å². The molecule has 0 fully saturated rings. The molecule has 26 heavy (non-hydrogen) atoms. The number of rotatable bonds is 7. The van der Waals surface area contributed by atoms with Crippen LogP contribution in [-0.4, -0.2) is 24.7 Å². The van der Waals surface area contributed by atoms with E-state index in [1.165, 1.54) is 0 Å². The summed E-state index contributed by atoms with van der Waals surface area (Å²) in [6.45, 7) is -0.259. The van der Waals surface area contributed by atoms with Crippen LogP contribution in [-0.2, 0) is 11.4 Å². The monoisotopic (exact) mass is 353 g/mol. The maximum Gasteiger partial charge on any atom is 0.262 e. The molecular formula is C20H19NO5. The van der Waals surface area contributed by atoms with E-state index in [0.29, 0.717) is 23.0 Å². The third-order valence-electron chi connectivity index (χ3n) is 3.68. The normalized spacial score (nSPS) is 10.4.